The van der Waals surface area contributed by atoms with E-state index >= 15 is 0 Å². The largest absolute Gasteiger partial charge is 0.469 e. The van der Waals surface area contributed by atoms with Crippen LogP contribution in [-0.4, -0.2) is 43.4 Å². The predicted molar refractivity (Wildman–Crippen MR) is 116 cm³/mol. The fraction of sp³-hybridized carbons (Fsp3) is 0.364. The molecule has 0 atom stereocenters. The van der Waals surface area contributed by atoms with E-state index in [1.54, 1.807) is 6.20 Å². The van der Waals surface area contributed by atoms with Crippen LogP contribution in [-0.2, 0) is 9.53 Å². The van der Waals surface area contributed by atoms with Gasteiger partial charge in [0, 0.05) is 12.1 Å². The van der Waals surface area contributed by atoms with Crippen LogP contribution in [0.2, 0.25) is 0 Å². The second kappa shape index (κ2) is 8.37. The molecule has 0 bridgehead atoms. The number of esters is 1. The van der Waals surface area contributed by atoms with Gasteiger partial charge in [0.15, 0.2) is 5.65 Å². The smallest absolute Gasteiger partial charge is 0.308 e. The number of pyridine rings is 1. The first kappa shape index (κ1) is 20.1. The summed E-state index contributed by atoms with van der Waals surface area (Å²) in [5.74, 6) is 1.82. The van der Waals surface area contributed by atoms with Gasteiger partial charge in [0.2, 0.25) is 0 Å². The SMILES string of the molecule is COC(=O)C1CCC1.Nc1ncnc2n[nH]c(-c3noc(C4CC4)c3-c3ccccn3)c12. The van der Waals surface area contributed by atoms with Gasteiger partial charge in [-0.2, -0.15) is 5.10 Å². The summed E-state index contributed by atoms with van der Waals surface area (Å²) in [5, 5.41) is 12.1. The average molecular weight is 433 g/mol. The minimum Gasteiger partial charge on any atom is -0.469 e. The van der Waals surface area contributed by atoms with Gasteiger partial charge in [-0.15, -0.1) is 0 Å². The molecule has 10 nitrogen and oxygen atoms in total. The number of nitrogens with zero attached hydrogens (tertiary/aromatic N) is 5. The molecule has 2 saturated carbocycles. The van der Waals surface area contributed by atoms with Gasteiger partial charge in [0.1, 0.15) is 29.3 Å². The molecule has 2 aliphatic carbocycles. The van der Waals surface area contributed by atoms with Crippen LogP contribution >= 0.6 is 0 Å². The number of nitrogens with two attached hydrogens (primary N) is 1. The van der Waals surface area contributed by atoms with Crippen LogP contribution in [0, 0.1) is 5.92 Å². The van der Waals surface area contributed by atoms with E-state index in [2.05, 4.69) is 35.0 Å². The Hall–Kier alpha value is -3.82. The van der Waals surface area contributed by atoms with E-state index < -0.39 is 0 Å². The first-order chi connectivity index (χ1) is 15.7. The molecule has 0 unspecified atom stereocenters. The summed E-state index contributed by atoms with van der Waals surface area (Å²) in [5.41, 5.74) is 9.51. The monoisotopic (exact) mass is 433 g/mol. The molecule has 32 heavy (non-hydrogen) atoms. The molecular weight excluding hydrogens is 410 g/mol. The summed E-state index contributed by atoms with van der Waals surface area (Å²) in [6, 6.07) is 5.77. The minimum atomic E-state index is -0.0312. The molecule has 2 fully saturated rings. The number of carbonyl (C=O) groups excluding carboxylic acids is 1. The van der Waals surface area contributed by atoms with Crippen molar-refractivity contribution in [2.24, 2.45) is 5.92 Å². The fourth-order valence-corrected chi connectivity index (χ4v) is 3.72. The molecule has 4 aromatic heterocycles. The highest BCUT2D eigenvalue weighted by Gasteiger charge is 2.34. The van der Waals surface area contributed by atoms with Crippen molar-refractivity contribution in [3.8, 4) is 22.6 Å². The number of nitrogen functional groups attached to an aromatic ring is 1. The lowest BCUT2D eigenvalue weighted by Crippen LogP contribution is -2.22. The van der Waals surface area contributed by atoms with Gasteiger partial charge in [-0.3, -0.25) is 14.9 Å². The number of hydrogen-bond donors (Lipinski definition) is 2. The van der Waals surface area contributed by atoms with Gasteiger partial charge < -0.3 is 15.0 Å². The highest BCUT2D eigenvalue weighted by Crippen LogP contribution is 2.47. The topological polar surface area (TPSA) is 146 Å². The van der Waals surface area contributed by atoms with E-state index in [0.29, 0.717) is 34.2 Å². The number of methoxy groups -OCH3 is 1. The third-order valence-electron chi connectivity index (χ3n) is 5.84. The number of fused-ring (bicyclic) bond motifs is 1. The second-order valence-corrected chi connectivity index (χ2v) is 7.97. The number of rotatable bonds is 4. The quantitative estimate of drug-likeness (QED) is 0.462. The molecule has 3 N–H and O–H groups in total. The fourth-order valence-electron chi connectivity index (χ4n) is 3.72. The molecule has 0 aromatic carbocycles. The Morgan fingerprint density at radius 2 is 2.03 bits per heavy atom. The summed E-state index contributed by atoms with van der Waals surface area (Å²) < 4.78 is 10.2. The highest BCUT2D eigenvalue weighted by atomic mass is 16.5. The van der Waals surface area contributed by atoms with Crippen molar-refractivity contribution in [1.29, 1.82) is 0 Å². The van der Waals surface area contributed by atoms with Crippen LogP contribution in [0.25, 0.3) is 33.7 Å². The van der Waals surface area contributed by atoms with Gasteiger partial charge in [-0.1, -0.05) is 17.6 Å². The number of nitrogens with one attached hydrogen (secondary N) is 1. The summed E-state index contributed by atoms with van der Waals surface area (Å²) in [4.78, 5) is 23.2. The Bertz CT molecular complexity index is 1240. The summed E-state index contributed by atoms with van der Waals surface area (Å²) >= 11 is 0. The average Bonchev–Trinajstić information content (AvgIpc) is 3.38. The van der Waals surface area contributed by atoms with E-state index in [0.717, 1.165) is 42.7 Å². The van der Waals surface area contributed by atoms with E-state index in [-0.39, 0.29) is 11.9 Å². The summed E-state index contributed by atoms with van der Waals surface area (Å²) in [6.07, 6.45) is 8.61. The first-order valence-electron chi connectivity index (χ1n) is 10.6. The third-order valence-corrected chi connectivity index (χ3v) is 5.84. The second-order valence-electron chi connectivity index (χ2n) is 7.97. The van der Waals surface area contributed by atoms with E-state index in [4.69, 9.17) is 10.3 Å². The van der Waals surface area contributed by atoms with Crippen LogP contribution in [0.4, 0.5) is 5.82 Å². The van der Waals surface area contributed by atoms with Crippen LogP contribution < -0.4 is 5.73 Å². The van der Waals surface area contributed by atoms with E-state index in [1.807, 2.05) is 18.2 Å². The summed E-state index contributed by atoms with van der Waals surface area (Å²) in [6.45, 7) is 0. The van der Waals surface area contributed by atoms with Crippen molar-refractivity contribution >= 4 is 22.8 Å². The Morgan fingerprint density at radius 3 is 2.66 bits per heavy atom. The first-order valence-corrected chi connectivity index (χ1v) is 10.6. The van der Waals surface area contributed by atoms with Gasteiger partial charge in [-0.05, 0) is 37.8 Å². The lowest BCUT2D eigenvalue weighted by atomic mass is 9.86. The van der Waals surface area contributed by atoms with Crippen LogP contribution in [0.5, 0.6) is 0 Å². The van der Waals surface area contributed by atoms with Crippen molar-refractivity contribution < 1.29 is 14.1 Å². The van der Waals surface area contributed by atoms with Crippen molar-refractivity contribution in [1.82, 2.24) is 30.3 Å². The number of anilines is 1. The third kappa shape index (κ3) is 3.68. The Morgan fingerprint density at radius 1 is 1.19 bits per heavy atom. The molecule has 0 saturated heterocycles. The van der Waals surface area contributed by atoms with Gasteiger partial charge in [-0.25, -0.2) is 9.97 Å². The minimum absolute atomic E-state index is 0.0312. The number of ether oxygens (including phenoxy) is 1. The van der Waals surface area contributed by atoms with Crippen LogP contribution in [0.3, 0.4) is 0 Å². The van der Waals surface area contributed by atoms with Gasteiger partial charge in [0.25, 0.3) is 0 Å². The molecule has 0 spiro atoms. The number of aromatic amines is 1. The molecule has 0 radical (unpaired) electrons. The molecule has 6 rings (SSSR count). The Labute approximate surface area is 183 Å². The van der Waals surface area contributed by atoms with Crippen molar-refractivity contribution in [2.75, 3.05) is 12.8 Å². The van der Waals surface area contributed by atoms with E-state index in [9.17, 15) is 4.79 Å². The number of hydrogen-bond acceptors (Lipinski definition) is 9. The molecule has 2 aliphatic rings. The molecule has 4 heterocycles. The van der Waals surface area contributed by atoms with Crippen LogP contribution in [0.1, 0.15) is 43.8 Å². The van der Waals surface area contributed by atoms with Crippen LogP contribution in [0.15, 0.2) is 35.2 Å². The standard InChI is InChI=1S/C16H13N7O.C6H10O2/c17-15-11-12(21-22-16(11)20-7-19-15)13-10(9-3-1-2-6-18-9)14(24-23-13)8-4-5-8;1-8-6(7)5-3-2-4-5/h1-3,6-8H,4-5H2,(H3,17,19,20,21,22);5H,2-4H2,1H3. The molecular formula is C22H23N7O3. The zero-order chi connectivity index (χ0) is 22.1. The highest BCUT2D eigenvalue weighted by molar-refractivity contribution is 6.00. The molecule has 0 amide bonds. The molecule has 0 aliphatic heterocycles. The Kier molecular flexibility index (Phi) is 5.26. The number of H-pyrrole nitrogens is 1. The maximum absolute atomic E-state index is 10.6. The molecule has 10 heteroatoms. The zero-order valence-electron chi connectivity index (χ0n) is 17.6. The number of carbonyl (C=O) groups is 1. The maximum atomic E-state index is 10.6. The van der Waals surface area contributed by atoms with Gasteiger partial charge in [0.05, 0.1) is 29.7 Å². The summed E-state index contributed by atoms with van der Waals surface area (Å²) in [7, 11) is 1.45. The predicted octanol–water partition coefficient (Wildman–Crippen LogP) is 3.49. The zero-order valence-corrected chi connectivity index (χ0v) is 17.6. The van der Waals surface area contributed by atoms with Crippen molar-refractivity contribution in [2.45, 2.75) is 38.0 Å². The lowest BCUT2D eigenvalue weighted by molar-refractivity contribution is -0.148. The normalized spacial score (nSPS) is 15.7. The Balaban J connectivity index is 0.000000230. The number of aromatic nitrogens is 6. The maximum Gasteiger partial charge on any atom is 0.308 e. The van der Waals surface area contributed by atoms with E-state index in [1.165, 1.54) is 19.9 Å². The van der Waals surface area contributed by atoms with Gasteiger partial charge >= 0.3 is 5.97 Å². The lowest BCUT2D eigenvalue weighted by Gasteiger charge is -2.21. The van der Waals surface area contributed by atoms with Crippen molar-refractivity contribution in [3.63, 3.8) is 0 Å². The van der Waals surface area contributed by atoms with Crippen molar-refractivity contribution in [3.05, 3.63) is 36.5 Å². The molecule has 164 valence electrons. The molecule has 4 aromatic rings.